The first-order chi connectivity index (χ1) is 9.51. The van der Waals surface area contributed by atoms with Crippen LogP contribution in [0.2, 0.25) is 0 Å². The van der Waals surface area contributed by atoms with Gasteiger partial charge in [-0.3, -0.25) is 0 Å². The Kier molecular flexibility index (Phi) is 3.09. The van der Waals surface area contributed by atoms with E-state index in [1.54, 1.807) is 0 Å². The van der Waals surface area contributed by atoms with Crippen LogP contribution in [0.5, 0.6) is 5.75 Å². The van der Waals surface area contributed by atoms with E-state index < -0.39 is 15.9 Å². The van der Waals surface area contributed by atoms with Gasteiger partial charge in [-0.1, -0.05) is 17.3 Å². The lowest BCUT2D eigenvalue weighted by Gasteiger charge is -2.24. The molecule has 106 valence electrons. The molecule has 20 heavy (non-hydrogen) atoms. The SMILES string of the molecule is CS(=O)(=O)Cc1noc(C2CNc3ccccc3O2)n1. The maximum atomic E-state index is 11.2. The highest BCUT2D eigenvalue weighted by Gasteiger charge is 2.26. The summed E-state index contributed by atoms with van der Waals surface area (Å²) in [6.07, 6.45) is 0.698. The van der Waals surface area contributed by atoms with E-state index >= 15 is 0 Å². The van der Waals surface area contributed by atoms with Gasteiger partial charge in [0.2, 0.25) is 0 Å². The third-order valence-electron chi connectivity index (χ3n) is 2.78. The van der Waals surface area contributed by atoms with Crippen molar-refractivity contribution in [1.29, 1.82) is 0 Å². The van der Waals surface area contributed by atoms with Crippen LogP contribution in [0.3, 0.4) is 0 Å². The predicted octanol–water partition coefficient (Wildman–Crippen LogP) is 1.16. The molecule has 1 N–H and O–H groups in total. The first-order valence-electron chi connectivity index (χ1n) is 6.01. The van der Waals surface area contributed by atoms with Crippen molar-refractivity contribution in [3.8, 4) is 5.75 Å². The molecule has 0 aliphatic carbocycles. The minimum absolute atomic E-state index is 0.143. The molecule has 0 fully saturated rings. The molecule has 1 aliphatic rings. The van der Waals surface area contributed by atoms with Gasteiger partial charge in [-0.15, -0.1) is 0 Å². The smallest absolute Gasteiger partial charge is 0.269 e. The van der Waals surface area contributed by atoms with Crippen LogP contribution in [0.25, 0.3) is 0 Å². The summed E-state index contributed by atoms with van der Waals surface area (Å²) in [4.78, 5) is 4.07. The summed E-state index contributed by atoms with van der Waals surface area (Å²) >= 11 is 0. The largest absolute Gasteiger partial charge is 0.477 e. The van der Waals surface area contributed by atoms with Gasteiger partial charge in [-0.05, 0) is 12.1 Å². The number of ether oxygens (including phenoxy) is 1. The maximum absolute atomic E-state index is 11.2. The first-order valence-corrected chi connectivity index (χ1v) is 8.07. The van der Waals surface area contributed by atoms with E-state index in [-0.39, 0.29) is 17.5 Å². The molecule has 0 bridgehead atoms. The fourth-order valence-electron chi connectivity index (χ4n) is 1.94. The lowest BCUT2D eigenvalue weighted by atomic mass is 10.2. The Hall–Kier alpha value is -2.09. The summed E-state index contributed by atoms with van der Waals surface area (Å²) in [5.41, 5.74) is 0.902. The van der Waals surface area contributed by atoms with Gasteiger partial charge >= 0.3 is 0 Å². The molecular formula is C12H13N3O4S. The van der Waals surface area contributed by atoms with Crippen molar-refractivity contribution >= 4 is 15.5 Å². The minimum atomic E-state index is -3.18. The molecule has 1 aromatic heterocycles. The second kappa shape index (κ2) is 4.78. The molecule has 7 nitrogen and oxygen atoms in total. The number of para-hydroxylation sites is 2. The van der Waals surface area contributed by atoms with Crippen molar-refractivity contribution in [2.45, 2.75) is 11.9 Å². The van der Waals surface area contributed by atoms with Gasteiger partial charge < -0.3 is 14.6 Å². The van der Waals surface area contributed by atoms with Crippen LogP contribution in [-0.2, 0) is 15.6 Å². The van der Waals surface area contributed by atoms with Crippen LogP contribution >= 0.6 is 0 Å². The summed E-state index contributed by atoms with van der Waals surface area (Å²) < 4.78 is 33.2. The number of sulfone groups is 1. The molecule has 2 aromatic rings. The first kappa shape index (κ1) is 12.9. The number of aromatic nitrogens is 2. The van der Waals surface area contributed by atoms with Gasteiger partial charge in [0.05, 0.1) is 12.2 Å². The fourth-order valence-corrected chi connectivity index (χ4v) is 2.53. The summed E-state index contributed by atoms with van der Waals surface area (Å²) in [6, 6.07) is 7.52. The molecule has 1 unspecified atom stereocenters. The van der Waals surface area contributed by atoms with Crippen LogP contribution < -0.4 is 10.1 Å². The number of benzene rings is 1. The topological polar surface area (TPSA) is 94.3 Å². The summed E-state index contributed by atoms with van der Waals surface area (Å²) in [7, 11) is -3.18. The molecule has 8 heteroatoms. The van der Waals surface area contributed by atoms with Crippen LogP contribution in [0.4, 0.5) is 5.69 Å². The van der Waals surface area contributed by atoms with Gasteiger partial charge in [-0.25, -0.2) is 8.42 Å². The summed E-state index contributed by atoms with van der Waals surface area (Å²) in [5, 5.41) is 6.86. The Morgan fingerprint density at radius 2 is 2.20 bits per heavy atom. The maximum Gasteiger partial charge on any atom is 0.269 e. The molecule has 0 radical (unpaired) electrons. The summed E-state index contributed by atoms with van der Waals surface area (Å²) in [6.45, 7) is 0.484. The molecule has 1 aliphatic heterocycles. The molecular weight excluding hydrogens is 282 g/mol. The quantitative estimate of drug-likeness (QED) is 0.907. The Labute approximate surface area is 115 Å². The molecule has 3 rings (SSSR count). The Morgan fingerprint density at radius 1 is 1.40 bits per heavy atom. The third kappa shape index (κ3) is 2.74. The van der Waals surface area contributed by atoms with E-state index in [1.807, 2.05) is 24.3 Å². The van der Waals surface area contributed by atoms with Crippen molar-refractivity contribution < 1.29 is 17.7 Å². The van der Waals surface area contributed by atoms with Crippen molar-refractivity contribution in [2.75, 3.05) is 18.1 Å². The van der Waals surface area contributed by atoms with E-state index in [1.165, 1.54) is 0 Å². The van der Waals surface area contributed by atoms with Gasteiger partial charge in [-0.2, -0.15) is 4.98 Å². The number of rotatable bonds is 3. The zero-order valence-electron chi connectivity index (χ0n) is 10.7. The minimum Gasteiger partial charge on any atom is -0.477 e. The van der Waals surface area contributed by atoms with E-state index in [0.717, 1.165) is 11.9 Å². The number of anilines is 1. The molecule has 0 amide bonds. The molecule has 0 spiro atoms. The Morgan fingerprint density at radius 3 is 3.00 bits per heavy atom. The monoisotopic (exact) mass is 295 g/mol. The lowest BCUT2D eigenvalue weighted by molar-refractivity contribution is 0.163. The average Bonchev–Trinajstić information content (AvgIpc) is 2.84. The van der Waals surface area contributed by atoms with Gasteiger partial charge in [0.15, 0.2) is 21.8 Å². The van der Waals surface area contributed by atoms with Crippen molar-refractivity contribution in [3.63, 3.8) is 0 Å². The van der Waals surface area contributed by atoms with Crippen molar-refractivity contribution in [3.05, 3.63) is 36.0 Å². The number of hydrogen-bond acceptors (Lipinski definition) is 7. The molecule has 1 aromatic carbocycles. The fraction of sp³-hybridized carbons (Fsp3) is 0.333. The van der Waals surface area contributed by atoms with Crippen LogP contribution in [0.1, 0.15) is 17.8 Å². The predicted molar refractivity (Wildman–Crippen MR) is 71.1 cm³/mol. The number of nitrogens with zero attached hydrogens (tertiary/aromatic N) is 2. The van der Waals surface area contributed by atoms with Gasteiger partial charge in [0.25, 0.3) is 5.89 Å². The summed E-state index contributed by atoms with van der Waals surface area (Å²) in [5.74, 6) is 0.870. The standard InChI is InChI=1S/C12H13N3O4S/c1-20(16,17)7-11-14-12(19-15-11)10-6-13-8-4-2-3-5-9(8)18-10/h2-5,10,13H,6-7H2,1H3. The Balaban J connectivity index is 1.78. The number of fused-ring (bicyclic) bond motifs is 1. The van der Waals surface area contributed by atoms with E-state index in [9.17, 15) is 8.42 Å². The third-order valence-corrected chi connectivity index (χ3v) is 3.57. The normalized spacial score (nSPS) is 17.9. The van der Waals surface area contributed by atoms with Crippen molar-refractivity contribution in [1.82, 2.24) is 10.1 Å². The number of hydrogen-bond donors (Lipinski definition) is 1. The number of nitrogens with one attached hydrogen (secondary N) is 1. The van der Waals surface area contributed by atoms with Crippen LogP contribution in [-0.4, -0.2) is 31.4 Å². The molecule has 1 atom stereocenters. The van der Waals surface area contributed by atoms with E-state index in [0.29, 0.717) is 12.3 Å². The molecule has 0 saturated heterocycles. The molecule has 0 saturated carbocycles. The average molecular weight is 295 g/mol. The van der Waals surface area contributed by atoms with Crippen LogP contribution in [0, 0.1) is 0 Å². The van der Waals surface area contributed by atoms with E-state index in [4.69, 9.17) is 9.26 Å². The van der Waals surface area contributed by atoms with Crippen molar-refractivity contribution in [2.24, 2.45) is 0 Å². The second-order valence-corrected chi connectivity index (χ2v) is 6.74. The van der Waals surface area contributed by atoms with Gasteiger partial charge in [0.1, 0.15) is 11.5 Å². The highest BCUT2D eigenvalue weighted by Crippen LogP contribution is 2.33. The van der Waals surface area contributed by atoms with E-state index in [2.05, 4.69) is 15.5 Å². The highest BCUT2D eigenvalue weighted by atomic mass is 32.2. The Bertz CT molecular complexity index is 726. The van der Waals surface area contributed by atoms with Crippen LogP contribution in [0.15, 0.2) is 28.8 Å². The van der Waals surface area contributed by atoms with Gasteiger partial charge in [0, 0.05) is 6.26 Å². The second-order valence-electron chi connectivity index (χ2n) is 4.60. The lowest BCUT2D eigenvalue weighted by Crippen LogP contribution is -2.23. The zero-order chi connectivity index (χ0) is 14.2. The zero-order valence-corrected chi connectivity index (χ0v) is 11.6. The molecule has 2 heterocycles. The highest BCUT2D eigenvalue weighted by molar-refractivity contribution is 7.89.